The quantitative estimate of drug-likeness (QED) is 0.613. The number of ether oxygens (including phenoxy) is 2. The largest absolute Gasteiger partial charge is 0.344 e. The van der Waals surface area contributed by atoms with Crippen molar-refractivity contribution in [3.8, 4) is 0 Å². The molecule has 1 aliphatic heterocycles. The highest BCUT2D eigenvalue weighted by Gasteiger charge is 2.50. The molecule has 0 amide bonds. The van der Waals surface area contributed by atoms with Crippen LogP contribution in [-0.2, 0) is 9.47 Å². The van der Waals surface area contributed by atoms with Crippen molar-refractivity contribution >= 4 is 0 Å². The summed E-state index contributed by atoms with van der Waals surface area (Å²) in [6, 6.07) is 0. The molecule has 0 radical (unpaired) electrons. The molecule has 0 aromatic carbocycles. The lowest BCUT2D eigenvalue weighted by Crippen LogP contribution is -2.42. The molecule has 0 aromatic heterocycles. The second-order valence-corrected chi connectivity index (χ2v) is 7.21. The average molecular weight is 214 g/mol. The van der Waals surface area contributed by atoms with Crippen molar-refractivity contribution in [2.24, 2.45) is 10.8 Å². The first-order valence-corrected chi connectivity index (χ1v) is 5.79. The summed E-state index contributed by atoms with van der Waals surface area (Å²) in [6.07, 6.45) is 0.319. The second kappa shape index (κ2) is 3.46. The predicted octanol–water partition coefficient (Wildman–Crippen LogP) is 3.60. The Hall–Kier alpha value is -0.0800. The van der Waals surface area contributed by atoms with Crippen LogP contribution in [0.1, 0.15) is 55.4 Å². The summed E-state index contributed by atoms with van der Waals surface area (Å²) >= 11 is 0. The summed E-state index contributed by atoms with van der Waals surface area (Å²) in [5.74, 6) is -0.449. The molecule has 0 N–H and O–H groups in total. The maximum Gasteiger partial charge on any atom is 0.163 e. The summed E-state index contributed by atoms with van der Waals surface area (Å²) in [4.78, 5) is 0. The minimum Gasteiger partial charge on any atom is -0.344 e. The zero-order chi connectivity index (χ0) is 12.1. The Bertz CT molecular complexity index is 206. The van der Waals surface area contributed by atoms with Crippen molar-refractivity contribution in [2.45, 2.75) is 73.4 Å². The van der Waals surface area contributed by atoms with E-state index >= 15 is 0 Å². The van der Waals surface area contributed by atoms with E-state index in [0.29, 0.717) is 0 Å². The third-order valence-electron chi connectivity index (χ3n) is 2.80. The van der Waals surface area contributed by atoms with Gasteiger partial charge in [0.05, 0.1) is 12.2 Å². The molecule has 15 heavy (non-hydrogen) atoms. The molecule has 90 valence electrons. The molecule has 1 heterocycles. The van der Waals surface area contributed by atoms with Gasteiger partial charge in [0.25, 0.3) is 0 Å². The molecule has 2 nitrogen and oxygen atoms in total. The van der Waals surface area contributed by atoms with Crippen molar-refractivity contribution in [1.82, 2.24) is 0 Å². The highest BCUT2D eigenvalue weighted by atomic mass is 16.8. The molecule has 0 bridgehead atoms. The van der Waals surface area contributed by atoms with E-state index in [-0.39, 0.29) is 23.0 Å². The molecule has 0 aliphatic carbocycles. The summed E-state index contributed by atoms with van der Waals surface area (Å²) in [5, 5.41) is 0. The summed E-state index contributed by atoms with van der Waals surface area (Å²) in [5.41, 5.74) is 0.234. The standard InChI is InChI=1S/C13H26O2/c1-11(2,3)9-10(12(4,5)6)15-13(7,8)14-9/h9-10H,1-8H3/t9-,10+. The van der Waals surface area contributed by atoms with Crippen molar-refractivity contribution in [1.29, 1.82) is 0 Å². The van der Waals surface area contributed by atoms with E-state index in [1.165, 1.54) is 0 Å². The Kier molecular flexibility index (Phi) is 2.99. The lowest BCUT2D eigenvalue weighted by atomic mass is 9.76. The lowest BCUT2D eigenvalue weighted by molar-refractivity contribution is -0.159. The molecule has 1 saturated heterocycles. The maximum atomic E-state index is 6.03. The van der Waals surface area contributed by atoms with Gasteiger partial charge < -0.3 is 9.47 Å². The van der Waals surface area contributed by atoms with Crippen LogP contribution in [0.3, 0.4) is 0 Å². The minimum atomic E-state index is -0.449. The van der Waals surface area contributed by atoms with E-state index in [0.717, 1.165) is 0 Å². The van der Waals surface area contributed by atoms with Crippen molar-refractivity contribution in [2.75, 3.05) is 0 Å². The first-order chi connectivity index (χ1) is 6.43. The van der Waals surface area contributed by atoms with Gasteiger partial charge >= 0.3 is 0 Å². The monoisotopic (exact) mass is 214 g/mol. The molecule has 2 heteroatoms. The first-order valence-electron chi connectivity index (χ1n) is 5.79. The molecule has 1 fully saturated rings. The summed E-state index contributed by atoms with van der Waals surface area (Å²) in [6.45, 7) is 17.3. The van der Waals surface area contributed by atoms with Crippen molar-refractivity contribution < 1.29 is 9.47 Å². The number of hydrogen-bond acceptors (Lipinski definition) is 2. The predicted molar refractivity (Wildman–Crippen MR) is 62.7 cm³/mol. The Morgan fingerprint density at radius 2 is 1.00 bits per heavy atom. The van der Waals surface area contributed by atoms with Crippen LogP contribution in [0.15, 0.2) is 0 Å². The van der Waals surface area contributed by atoms with Gasteiger partial charge in [-0.15, -0.1) is 0 Å². The van der Waals surface area contributed by atoms with Gasteiger partial charge in [-0.1, -0.05) is 41.5 Å². The minimum absolute atomic E-state index is 0.117. The average Bonchev–Trinajstić information content (AvgIpc) is 2.23. The molecule has 1 aliphatic rings. The highest BCUT2D eigenvalue weighted by Crippen LogP contribution is 2.44. The number of rotatable bonds is 0. The zero-order valence-corrected chi connectivity index (χ0v) is 11.5. The van der Waals surface area contributed by atoms with Gasteiger partial charge in [0.1, 0.15) is 0 Å². The Morgan fingerprint density at radius 3 is 1.20 bits per heavy atom. The Morgan fingerprint density at radius 1 is 0.733 bits per heavy atom. The van der Waals surface area contributed by atoms with Gasteiger partial charge in [-0.2, -0.15) is 0 Å². The van der Waals surface area contributed by atoms with Crippen LogP contribution < -0.4 is 0 Å². The smallest absolute Gasteiger partial charge is 0.163 e. The Balaban J connectivity index is 2.95. The van der Waals surface area contributed by atoms with Crippen molar-refractivity contribution in [3.05, 3.63) is 0 Å². The van der Waals surface area contributed by atoms with E-state index in [9.17, 15) is 0 Å². The topological polar surface area (TPSA) is 18.5 Å². The van der Waals surface area contributed by atoms with Gasteiger partial charge in [0.15, 0.2) is 5.79 Å². The van der Waals surface area contributed by atoms with Gasteiger partial charge in [-0.05, 0) is 24.7 Å². The molecule has 2 atom stereocenters. The van der Waals surface area contributed by atoms with E-state index < -0.39 is 5.79 Å². The van der Waals surface area contributed by atoms with Gasteiger partial charge in [0, 0.05) is 0 Å². The normalized spacial score (nSPS) is 32.0. The molecule has 1 rings (SSSR count). The van der Waals surface area contributed by atoms with Crippen LogP contribution >= 0.6 is 0 Å². The van der Waals surface area contributed by atoms with E-state index in [4.69, 9.17) is 9.47 Å². The van der Waals surface area contributed by atoms with Crippen LogP contribution in [0.4, 0.5) is 0 Å². The third-order valence-corrected chi connectivity index (χ3v) is 2.80. The highest BCUT2D eigenvalue weighted by molar-refractivity contribution is 4.94. The van der Waals surface area contributed by atoms with E-state index in [1.54, 1.807) is 0 Å². The molecular weight excluding hydrogens is 188 g/mol. The molecule has 0 aromatic rings. The van der Waals surface area contributed by atoms with Crippen LogP contribution in [0.5, 0.6) is 0 Å². The van der Waals surface area contributed by atoms with Gasteiger partial charge in [-0.25, -0.2) is 0 Å². The zero-order valence-electron chi connectivity index (χ0n) is 11.5. The summed E-state index contributed by atoms with van der Waals surface area (Å²) in [7, 11) is 0. The van der Waals surface area contributed by atoms with Crippen LogP contribution in [0.2, 0.25) is 0 Å². The molecule has 0 saturated carbocycles. The maximum absolute atomic E-state index is 6.03. The second-order valence-electron chi connectivity index (χ2n) is 7.21. The van der Waals surface area contributed by atoms with Crippen molar-refractivity contribution in [3.63, 3.8) is 0 Å². The molecule has 0 spiro atoms. The third kappa shape index (κ3) is 2.94. The van der Waals surface area contributed by atoms with Crippen LogP contribution in [0, 0.1) is 10.8 Å². The Labute approximate surface area is 94.3 Å². The van der Waals surface area contributed by atoms with Gasteiger partial charge in [-0.3, -0.25) is 0 Å². The van der Waals surface area contributed by atoms with E-state index in [1.807, 2.05) is 13.8 Å². The SMILES string of the molecule is CC1(C)O[C@@H](C(C)(C)C)[C@@H](C(C)(C)C)O1. The lowest BCUT2D eigenvalue weighted by Gasteiger charge is -2.36. The van der Waals surface area contributed by atoms with Crippen LogP contribution in [-0.4, -0.2) is 18.0 Å². The fraction of sp³-hybridized carbons (Fsp3) is 1.00. The van der Waals surface area contributed by atoms with Gasteiger partial charge in [0.2, 0.25) is 0 Å². The molecular formula is C13H26O2. The van der Waals surface area contributed by atoms with E-state index in [2.05, 4.69) is 41.5 Å². The summed E-state index contributed by atoms with van der Waals surface area (Å²) < 4.78 is 12.1. The fourth-order valence-electron chi connectivity index (χ4n) is 2.02. The first kappa shape index (κ1) is 13.0. The molecule has 0 unspecified atom stereocenters. The van der Waals surface area contributed by atoms with Crippen LogP contribution in [0.25, 0.3) is 0 Å². The fourth-order valence-corrected chi connectivity index (χ4v) is 2.02. The number of hydrogen-bond donors (Lipinski definition) is 0.